The van der Waals surface area contributed by atoms with E-state index in [1.165, 1.54) is 12.8 Å². The highest BCUT2D eigenvalue weighted by atomic mass is 32.1. The van der Waals surface area contributed by atoms with Gasteiger partial charge in [-0.15, -0.1) is 0 Å². The van der Waals surface area contributed by atoms with Gasteiger partial charge in [-0.25, -0.2) is 9.89 Å². The van der Waals surface area contributed by atoms with Crippen LogP contribution < -0.4 is 5.69 Å². The largest absolute Gasteiger partial charge is 0.342 e. The Bertz CT molecular complexity index is 394. The summed E-state index contributed by atoms with van der Waals surface area (Å²) in [5, 5.41) is 5.23. The van der Waals surface area contributed by atoms with E-state index in [4.69, 9.17) is 12.2 Å². The van der Waals surface area contributed by atoms with Crippen molar-refractivity contribution in [3.63, 3.8) is 0 Å². The molecule has 2 rings (SSSR count). The van der Waals surface area contributed by atoms with Crippen LogP contribution in [0.25, 0.3) is 0 Å². The summed E-state index contributed by atoms with van der Waals surface area (Å²) in [7, 11) is 0. The first-order chi connectivity index (χ1) is 6.61. The number of rotatable bonds is 3. The van der Waals surface area contributed by atoms with Crippen molar-refractivity contribution in [3.8, 4) is 0 Å². The Morgan fingerprint density at radius 2 is 2.07 bits per heavy atom. The smallest absolute Gasteiger partial charge is 0.272 e. The molecule has 1 saturated carbocycles. The van der Waals surface area contributed by atoms with Crippen molar-refractivity contribution in [3.05, 3.63) is 15.3 Å². The SMILES string of the molecule is CC(C)C(C1CC1)n1c(=O)[nH][nH]c1=S. The molecular weight excluding hydrogens is 198 g/mol. The molecule has 1 heterocycles. The Kier molecular flexibility index (Phi) is 2.34. The van der Waals surface area contributed by atoms with Crippen LogP contribution >= 0.6 is 12.2 Å². The second-order valence-electron chi connectivity index (χ2n) is 4.30. The van der Waals surface area contributed by atoms with Crippen LogP contribution in [0.3, 0.4) is 0 Å². The van der Waals surface area contributed by atoms with Crippen LogP contribution in [0.1, 0.15) is 32.7 Å². The quantitative estimate of drug-likeness (QED) is 0.753. The number of H-pyrrole nitrogens is 2. The minimum absolute atomic E-state index is 0.111. The van der Waals surface area contributed by atoms with Crippen molar-refractivity contribution in [2.45, 2.75) is 32.7 Å². The predicted octanol–water partition coefficient (Wildman–Crippen LogP) is 1.84. The molecule has 1 atom stereocenters. The summed E-state index contributed by atoms with van der Waals surface area (Å²) in [6, 6.07) is 0.262. The lowest BCUT2D eigenvalue weighted by atomic mass is 9.99. The van der Waals surface area contributed by atoms with E-state index >= 15 is 0 Å². The van der Waals surface area contributed by atoms with Gasteiger partial charge in [0.15, 0.2) is 4.77 Å². The van der Waals surface area contributed by atoms with E-state index in [0.29, 0.717) is 16.6 Å². The van der Waals surface area contributed by atoms with Crippen molar-refractivity contribution in [1.29, 1.82) is 0 Å². The van der Waals surface area contributed by atoms with Crippen molar-refractivity contribution in [2.75, 3.05) is 0 Å². The van der Waals surface area contributed by atoms with Crippen LogP contribution in [0.2, 0.25) is 0 Å². The molecule has 0 spiro atoms. The number of hydrogen-bond donors (Lipinski definition) is 2. The second kappa shape index (κ2) is 3.38. The molecule has 0 amide bonds. The van der Waals surface area contributed by atoms with Gasteiger partial charge < -0.3 is 0 Å². The third-order valence-corrected chi connectivity index (χ3v) is 3.10. The average molecular weight is 213 g/mol. The third-order valence-electron chi connectivity index (χ3n) is 2.80. The Balaban J connectivity index is 2.44. The Hall–Kier alpha value is -0.840. The fourth-order valence-electron chi connectivity index (χ4n) is 2.08. The van der Waals surface area contributed by atoms with Crippen LogP contribution in [0.15, 0.2) is 4.79 Å². The molecule has 4 nitrogen and oxygen atoms in total. The van der Waals surface area contributed by atoms with Gasteiger partial charge in [-0.3, -0.25) is 9.67 Å². The van der Waals surface area contributed by atoms with Crippen molar-refractivity contribution in [1.82, 2.24) is 14.8 Å². The van der Waals surface area contributed by atoms with Gasteiger partial charge in [0, 0.05) is 6.04 Å². The standard InChI is InChI=1S/C9H15N3OS/c1-5(2)7(6-3-4-6)12-8(13)10-11-9(12)14/h5-7H,3-4H2,1-2H3,(H,10,13)(H,11,14). The molecule has 1 fully saturated rings. The summed E-state index contributed by atoms with van der Waals surface area (Å²) >= 11 is 5.09. The zero-order valence-corrected chi connectivity index (χ0v) is 9.23. The second-order valence-corrected chi connectivity index (χ2v) is 4.69. The van der Waals surface area contributed by atoms with Crippen molar-refractivity contribution < 1.29 is 0 Å². The lowest BCUT2D eigenvalue weighted by molar-refractivity contribution is 0.325. The molecule has 0 bridgehead atoms. The topological polar surface area (TPSA) is 53.6 Å². The summed E-state index contributed by atoms with van der Waals surface area (Å²) in [6.07, 6.45) is 2.44. The fraction of sp³-hybridized carbons (Fsp3) is 0.778. The van der Waals surface area contributed by atoms with E-state index < -0.39 is 0 Å². The maximum atomic E-state index is 11.5. The van der Waals surface area contributed by atoms with Gasteiger partial charge in [0.25, 0.3) is 0 Å². The number of aromatic amines is 2. The van der Waals surface area contributed by atoms with E-state index in [9.17, 15) is 4.79 Å². The molecule has 0 saturated heterocycles. The van der Waals surface area contributed by atoms with Gasteiger partial charge in [-0.05, 0) is 36.9 Å². The number of nitrogens with one attached hydrogen (secondary N) is 2. The summed E-state index contributed by atoms with van der Waals surface area (Å²) in [5.41, 5.74) is -0.111. The van der Waals surface area contributed by atoms with Crippen LogP contribution in [-0.4, -0.2) is 14.8 Å². The summed E-state index contributed by atoms with van der Waals surface area (Å²) in [6.45, 7) is 4.27. The minimum atomic E-state index is -0.111. The monoisotopic (exact) mass is 213 g/mol. The highest BCUT2D eigenvalue weighted by Crippen LogP contribution is 2.42. The summed E-state index contributed by atoms with van der Waals surface area (Å²) in [5.74, 6) is 1.09. The fourth-order valence-corrected chi connectivity index (χ4v) is 2.34. The summed E-state index contributed by atoms with van der Waals surface area (Å²) < 4.78 is 2.21. The number of aromatic nitrogens is 3. The Labute approximate surface area is 87.3 Å². The lowest BCUT2D eigenvalue weighted by Gasteiger charge is -2.20. The van der Waals surface area contributed by atoms with Crippen LogP contribution in [0.5, 0.6) is 0 Å². The Morgan fingerprint density at radius 1 is 1.43 bits per heavy atom. The van der Waals surface area contributed by atoms with Gasteiger partial charge in [-0.2, -0.15) is 0 Å². The number of hydrogen-bond acceptors (Lipinski definition) is 2. The zero-order valence-electron chi connectivity index (χ0n) is 8.41. The van der Waals surface area contributed by atoms with E-state index in [1.54, 1.807) is 4.57 Å². The molecule has 0 aliphatic heterocycles. The van der Waals surface area contributed by atoms with E-state index in [-0.39, 0.29) is 11.7 Å². The molecule has 1 aliphatic rings. The normalized spacial score (nSPS) is 18.8. The van der Waals surface area contributed by atoms with Crippen LogP contribution in [0.4, 0.5) is 0 Å². The van der Waals surface area contributed by atoms with Gasteiger partial charge in [0.2, 0.25) is 0 Å². The molecule has 1 aliphatic carbocycles. The molecule has 1 aromatic rings. The third kappa shape index (κ3) is 1.56. The average Bonchev–Trinajstić information content (AvgIpc) is 2.87. The highest BCUT2D eigenvalue weighted by Gasteiger charge is 2.35. The first-order valence-electron chi connectivity index (χ1n) is 5.00. The van der Waals surface area contributed by atoms with Crippen molar-refractivity contribution in [2.24, 2.45) is 11.8 Å². The molecule has 78 valence electrons. The molecule has 5 heteroatoms. The molecule has 0 aromatic carbocycles. The van der Waals surface area contributed by atoms with Gasteiger partial charge in [0.1, 0.15) is 0 Å². The van der Waals surface area contributed by atoms with Gasteiger partial charge in [0.05, 0.1) is 0 Å². The van der Waals surface area contributed by atoms with E-state index in [0.717, 1.165) is 0 Å². The van der Waals surface area contributed by atoms with E-state index in [2.05, 4.69) is 24.0 Å². The predicted molar refractivity (Wildman–Crippen MR) is 56.8 cm³/mol. The molecule has 1 unspecified atom stereocenters. The first-order valence-corrected chi connectivity index (χ1v) is 5.41. The maximum Gasteiger partial charge on any atom is 0.342 e. The first kappa shape index (κ1) is 9.71. The molecule has 1 aromatic heterocycles. The molecule has 2 N–H and O–H groups in total. The zero-order chi connectivity index (χ0) is 10.3. The van der Waals surface area contributed by atoms with E-state index in [1.807, 2.05) is 0 Å². The Morgan fingerprint density at radius 3 is 2.43 bits per heavy atom. The molecule has 14 heavy (non-hydrogen) atoms. The molecule has 0 radical (unpaired) electrons. The van der Waals surface area contributed by atoms with Gasteiger partial charge in [-0.1, -0.05) is 13.8 Å². The summed E-state index contributed by atoms with van der Waals surface area (Å²) in [4.78, 5) is 11.5. The van der Waals surface area contributed by atoms with Crippen LogP contribution in [0, 0.1) is 16.6 Å². The van der Waals surface area contributed by atoms with Crippen molar-refractivity contribution >= 4 is 12.2 Å². The minimum Gasteiger partial charge on any atom is -0.272 e. The number of nitrogens with zero attached hydrogens (tertiary/aromatic N) is 1. The van der Waals surface area contributed by atoms with Crippen LogP contribution in [-0.2, 0) is 0 Å². The maximum absolute atomic E-state index is 11.5. The highest BCUT2D eigenvalue weighted by molar-refractivity contribution is 7.71. The van der Waals surface area contributed by atoms with Gasteiger partial charge >= 0.3 is 5.69 Å². The molecular formula is C9H15N3OS. The lowest BCUT2D eigenvalue weighted by Crippen LogP contribution is -2.27.